The van der Waals surface area contributed by atoms with Crippen LogP contribution in [0.1, 0.15) is 16.7 Å². The van der Waals surface area contributed by atoms with E-state index in [1.807, 2.05) is 78.9 Å². The van der Waals surface area contributed by atoms with E-state index < -0.39 is 0 Å². The van der Waals surface area contributed by atoms with Crippen LogP contribution in [0.2, 0.25) is 0 Å². The Bertz CT molecular complexity index is 892. The molecule has 0 aromatic heterocycles. The van der Waals surface area contributed by atoms with Crippen molar-refractivity contribution in [1.82, 2.24) is 5.43 Å². The monoisotopic (exact) mass is 422 g/mol. The Balaban J connectivity index is 1.46. The molecule has 0 spiro atoms. The van der Waals surface area contributed by atoms with Crippen molar-refractivity contribution in [2.24, 2.45) is 5.10 Å². The number of ether oxygens (including phenoxy) is 1. The molecule has 0 aliphatic heterocycles. The van der Waals surface area contributed by atoms with Gasteiger partial charge in [0.05, 0.1) is 12.6 Å². The van der Waals surface area contributed by atoms with Gasteiger partial charge in [0.15, 0.2) is 0 Å². The number of amides is 1. The largest absolute Gasteiger partial charge is 0.489 e. The first-order valence-corrected chi connectivity index (χ1v) is 9.31. The number of hydrogen-bond donors (Lipinski definition) is 1. The lowest BCUT2D eigenvalue weighted by atomic mass is 10.1. The zero-order chi connectivity index (χ0) is 18.9. The Labute approximate surface area is 167 Å². The van der Waals surface area contributed by atoms with E-state index in [0.29, 0.717) is 13.0 Å². The van der Waals surface area contributed by atoms with Crippen LogP contribution in [0.4, 0.5) is 0 Å². The van der Waals surface area contributed by atoms with Gasteiger partial charge in [0, 0.05) is 4.47 Å². The molecule has 0 fully saturated rings. The number of hydrazone groups is 1. The maximum absolute atomic E-state index is 11.8. The van der Waals surface area contributed by atoms with Crippen molar-refractivity contribution in [3.8, 4) is 5.75 Å². The van der Waals surface area contributed by atoms with Gasteiger partial charge in [0.1, 0.15) is 12.4 Å². The summed E-state index contributed by atoms with van der Waals surface area (Å²) in [5.74, 6) is 0.634. The van der Waals surface area contributed by atoms with Gasteiger partial charge in [-0.2, -0.15) is 5.10 Å². The summed E-state index contributed by atoms with van der Waals surface area (Å²) < 4.78 is 6.81. The molecule has 3 rings (SSSR count). The molecule has 1 amide bonds. The zero-order valence-electron chi connectivity index (χ0n) is 14.6. The number of nitrogens with zero attached hydrogens (tertiary/aromatic N) is 1. The summed E-state index contributed by atoms with van der Waals surface area (Å²) >= 11 is 3.42. The Morgan fingerprint density at radius 3 is 2.33 bits per heavy atom. The lowest BCUT2D eigenvalue weighted by Gasteiger charge is -2.06. The molecule has 0 saturated carbocycles. The topological polar surface area (TPSA) is 50.7 Å². The average Bonchev–Trinajstić information content (AvgIpc) is 2.69. The van der Waals surface area contributed by atoms with Crippen molar-refractivity contribution >= 4 is 28.1 Å². The number of hydrogen-bond acceptors (Lipinski definition) is 3. The predicted octanol–water partition coefficient (Wildman–Crippen LogP) is 4.72. The first-order chi connectivity index (χ1) is 13.2. The van der Waals surface area contributed by atoms with Crippen LogP contribution in [0.15, 0.2) is 88.4 Å². The fraction of sp³-hybridized carbons (Fsp3) is 0.0909. The third kappa shape index (κ3) is 6.38. The normalized spacial score (nSPS) is 10.7. The molecular weight excluding hydrogens is 404 g/mol. The van der Waals surface area contributed by atoms with Gasteiger partial charge in [0.2, 0.25) is 5.91 Å². The Hall–Kier alpha value is -2.92. The third-order valence-corrected chi connectivity index (χ3v) is 4.34. The van der Waals surface area contributed by atoms with Crippen LogP contribution in [0.3, 0.4) is 0 Å². The molecule has 27 heavy (non-hydrogen) atoms. The summed E-state index contributed by atoms with van der Waals surface area (Å²) in [6, 6.07) is 25.1. The van der Waals surface area contributed by atoms with E-state index >= 15 is 0 Å². The summed E-state index contributed by atoms with van der Waals surface area (Å²) in [6.45, 7) is 0.510. The minimum Gasteiger partial charge on any atom is -0.489 e. The molecule has 3 aromatic rings. The third-order valence-electron chi connectivity index (χ3n) is 3.81. The van der Waals surface area contributed by atoms with Gasteiger partial charge in [-0.1, -0.05) is 58.4 Å². The van der Waals surface area contributed by atoms with Gasteiger partial charge in [-0.3, -0.25) is 4.79 Å². The van der Waals surface area contributed by atoms with Crippen LogP contribution >= 0.6 is 15.9 Å². The molecule has 136 valence electrons. The molecule has 0 unspecified atom stereocenters. The molecule has 0 aliphatic carbocycles. The Morgan fingerprint density at radius 2 is 1.63 bits per heavy atom. The molecule has 3 aromatic carbocycles. The number of nitrogens with one attached hydrogen (secondary N) is 1. The van der Waals surface area contributed by atoms with Gasteiger partial charge >= 0.3 is 0 Å². The molecule has 4 nitrogen and oxygen atoms in total. The summed E-state index contributed by atoms with van der Waals surface area (Å²) in [6.07, 6.45) is 1.92. The SMILES string of the molecule is O=C(Cc1ccccc1)N/N=C\c1ccc(OCc2ccc(Br)cc2)cc1. The molecule has 0 bridgehead atoms. The van der Waals surface area contributed by atoms with Gasteiger partial charge in [0.25, 0.3) is 0 Å². The van der Waals surface area contributed by atoms with E-state index in [1.165, 1.54) is 0 Å². The summed E-state index contributed by atoms with van der Waals surface area (Å²) in [7, 11) is 0. The molecule has 0 radical (unpaired) electrons. The first-order valence-electron chi connectivity index (χ1n) is 8.52. The Kier molecular flexibility index (Phi) is 6.77. The molecule has 0 atom stereocenters. The van der Waals surface area contributed by atoms with Crippen LogP contribution in [0.5, 0.6) is 5.75 Å². The number of carbonyl (C=O) groups excluding carboxylic acids is 1. The van der Waals surface area contributed by atoms with Gasteiger partial charge in [-0.15, -0.1) is 0 Å². The molecule has 0 heterocycles. The summed E-state index contributed by atoms with van der Waals surface area (Å²) in [4.78, 5) is 11.8. The lowest BCUT2D eigenvalue weighted by molar-refractivity contribution is -0.120. The van der Waals surface area contributed by atoms with Crippen molar-refractivity contribution < 1.29 is 9.53 Å². The highest BCUT2D eigenvalue weighted by Gasteiger charge is 2.01. The van der Waals surface area contributed by atoms with E-state index in [4.69, 9.17) is 4.74 Å². The second-order valence-corrected chi connectivity index (χ2v) is 6.86. The lowest BCUT2D eigenvalue weighted by Crippen LogP contribution is -2.19. The number of benzene rings is 3. The molecule has 5 heteroatoms. The number of carbonyl (C=O) groups is 1. The highest BCUT2D eigenvalue weighted by Crippen LogP contribution is 2.15. The zero-order valence-corrected chi connectivity index (χ0v) is 16.2. The second-order valence-electron chi connectivity index (χ2n) is 5.94. The quantitative estimate of drug-likeness (QED) is 0.442. The van der Waals surface area contributed by atoms with Gasteiger partial charge in [-0.05, 0) is 53.1 Å². The number of rotatable bonds is 7. The van der Waals surface area contributed by atoms with Crippen LogP contribution in [-0.4, -0.2) is 12.1 Å². The average molecular weight is 423 g/mol. The minimum absolute atomic E-state index is 0.146. The van der Waals surface area contributed by atoms with Crippen molar-refractivity contribution in [3.05, 3.63) is 100 Å². The maximum atomic E-state index is 11.8. The summed E-state index contributed by atoms with van der Waals surface area (Å²) in [5, 5.41) is 4.00. The first kappa shape index (κ1) is 18.9. The second kappa shape index (κ2) is 9.69. The smallest absolute Gasteiger partial charge is 0.244 e. The van der Waals surface area contributed by atoms with Crippen LogP contribution in [0, 0.1) is 0 Å². The fourth-order valence-electron chi connectivity index (χ4n) is 2.40. The van der Waals surface area contributed by atoms with Crippen LogP contribution in [0.25, 0.3) is 0 Å². The molecule has 1 N–H and O–H groups in total. The van der Waals surface area contributed by atoms with E-state index in [-0.39, 0.29) is 5.91 Å². The van der Waals surface area contributed by atoms with Crippen molar-refractivity contribution in [2.75, 3.05) is 0 Å². The van der Waals surface area contributed by atoms with E-state index in [1.54, 1.807) is 6.21 Å². The van der Waals surface area contributed by atoms with Gasteiger partial charge in [-0.25, -0.2) is 5.43 Å². The van der Waals surface area contributed by atoms with Crippen molar-refractivity contribution in [2.45, 2.75) is 13.0 Å². The number of halogens is 1. The van der Waals surface area contributed by atoms with Gasteiger partial charge < -0.3 is 4.74 Å². The molecular formula is C22H19BrN2O2. The fourth-order valence-corrected chi connectivity index (χ4v) is 2.66. The van der Waals surface area contributed by atoms with Crippen LogP contribution < -0.4 is 10.2 Å². The minimum atomic E-state index is -0.146. The maximum Gasteiger partial charge on any atom is 0.244 e. The summed E-state index contributed by atoms with van der Waals surface area (Å²) in [5.41, 5.74) is 5.48. The Morgan fingerprint density at radius 1 is 0.926 bits per heavy atom. The highest BCUT2D eigenvalue weighted by molar-refractivity contribution is 9.10. The van der Waals surface area contributed by atoms with E-state index in [9.17, 15) is 4.79 Å². The van der Waals surface area contributed by atoms with Crippen molar-refractivity contribution in [3.63, 3.8) is 0 Å². The van der Waals surface area contributed by atoms with E-state index in [2.05, 4.69) is 26.5 Å². The molecule has 0 saturated heterocycles. The predicted molar refractivity (Wildman–Crippen MR) is 111 cm³/mol. The van der Waals surface area contributed by atoms with Crippen molar-refractivity contribution in [1.29, 1.82) is 0 Å². The highest BCUT2D eigenvalue weighted by atomic mass is 79.9. The standard InChI is InChI=1S/C22H19BrN2O2/c23-20-10-6-19(7-11-20)16-27-21-12-8-18(9-13-21)15-24-25-22(26)14-17-4-2-1-3-5-17/h1-13,15H,14,16H2,(H,25,26)/b24-15-. The molecule has 0 aliphatic rings. The van der Waals surface area contributed by atoms with Crippen LogP contribution in [-0.2, 0) is 17.8 Å². The van der Waals surface area contributed by atoms with E-state index in [0.717, 1.165) is 26.9 Å².